The molecule has 2 aromatic heterocycles. The Bertz CT molecular complexity index is 925. The molecule has 23 heavy (non-hydrogen) atoms. The number of anilines is 2. The van der Waals surface area contributed by atoms with Crippen molar-refractivity contribution in [2.75, 3.05) is 11.1 Å². The number of benzene rings is 1. The number of rotatable bonds is 3. The summed E-state index contributed by atoms with van der Waals surface area (Å²) in [5.41, 5.74) is 6.84. The van der Waals surface area contributed by atoms with Crippen LogP contribution in [0.25, 0.3) is 11.0 Å². The van der Waals surface area contributed by atoms with Crippen molar-refractivity contribution in [3.8, 4) is 6.07 Å². The van der Waals surface area contributed by atoms with E-state index in [9.17, 15) is 4.39 Å². The molecule has 1 atom stereocenters. The minimum absolute atomic E-state index is 0.105. The van der Waals surface area contributed by atoms with E-state index >= 15 is 0 Å². The number of nitrogens with zero attached hydrogens (tertiary/aromatic N) is 5. The Morgan fingerprint density at radius 1 is 1.39 bits per heavy atom. The molecule has 0 fully saturated rings. The standard InChI is InChI=1S/C15H14FN7/c1-8(21-14-9(6-17)13(18)19-7-20-14)15-22-11-5-3-4-10(16)12(11)23(15)2/h3-5,7-8H,1-2H3,(H3,18,19,20,21). The first-order valence-electron chi connectivity index (χ1n) is 6.91. The van der Waals surface area contributed by atoms with Crippen molar-refractivity contribution in [1.82, 2.24) is 19.5 Å². The molecule has 0 amide bonds. The van der Waals surface area contributed by atoms with Crippen LogP contribution in [0.2, 0.25) is 0 Å². The highest BCUT2D eigenvalue weighted by atomic mass is 19.1. The first kappa shape index (κ1) is 14.7. The summed E-state index contributed by atoms with van der Waals surface area (Å²) >= 11 is 0. The van der Waals surface area contributed by atoms with Gasteiger partial charge in [-0.15, -0.1) is 0 Å². The Hall–Kier alpha value is -3.21. The summed E-state index contributed by atoms with van der Waals surface area (Å²) in [6.45, 7) is 1.85. The Kier molecular flexibility index (Phi) is 3.54. The molecule has 116 valence electrons. The molecule has 0 aliphatic heterocycles. The molecule has 8 heteroatoms. The molecule has 7 nitrogen and oxygen atoms in total. The summed E-state index contributed by atoms with van der Waals surface area (Å²) < 4.78 is 15.6. The highest BCUT2D eigenvalue weighted by molar-refractivity contribution is 5.76. The molecule has 0 bridgehead atoms. The monoisotopic (exact) mass is 311 g/mol. The van der Waals surface area contributed by atoms with E-state index in [-0.39, 0.29) is 23.2 Å². The SMILES string of the molecule is CC(Nc1ncnc(N)c1C#N)c1nc2cccc(F)c2n1C. The summed E-state index contributed by atoms with van der Waals surface area (Å²) in [5, 5.41) is 12.2. The molecule has 0 aliphatic carbocycles. The number of nitrogens with one attached hydrogen (secondary N) is 1. The first-order valence-corrected chi connectivity index (χ1v) is 6.91. The van der Waals surface area contributed by atoms with E-state index in [1.54, 1.807) is 23.7 Å². The summed E-state index contributed by atoms with van der Waals surface area (Å²) in [7, 11) is 1.74. The molecule has 2 heterocycles. The third-order valence-corrected chi connectivity index (χ3v) is 3.61. The predicted molar refractivity (Wildman–Crippen MR) is 83.9 cm³/mol. The van der Waals surface area contributed by atoms with Gasteiger partial charge in [0, 0.05) is 7.05 Å². The molecular weight excluding hydrogens is 297 g/mol. The number of nitrogens with two attached hydrogens (primary N) is 1. The first-order chi connectivity index (χ1) is 11.0. The van der Waals surface area contributed by atoms with Gasteiger partial charge in [-0.05, 0) is 19.1 Å². The maximum atomic E-state index is 14.0. The molecule has 1 aromatic carbocycles. The third-order valence-electron chi connectivity index (χ3n) is 3.61. The number of halogens is 1. The Labute approximate surface area is 131 Å². The van der Waals surface area contributed by atoms with Gasteiger partial charge in [0.1, 0.15) is 46.8 Å². The van der Waals surface area contributed by atoms with Crippen LogP contribution in [0.1, 0.15) is 24.4 Å². The van der Waals surface area contributed by atoms with Gasteiger partial charge >= 0.3 is 0 Å². The quantitative estimate of drug-likeness (QED) is 0.767. The van der Waals surface area contributed by atoms with E-state index in [1.807, 2.05) is 13.0 Å². The number of hydrogen-bond donors (Lipinski definition) is 2. The lowest BCUT2D eigenvalue weighted by atomic mass is 10.2. The predicted octanol–water partition coefficient (Wildman–Crippen LogP) is 2.13. The zero-order chi connectivity index (χ0) is 16.6. The second kappa shape index (κ2) is 5.53. The lowest BCUT2D eigenvalue weighted by molar-refractivity contribution is 0.627. The van der Waals surface area contributed by atoms with Crippen LogP contribution in [0.3, 0.4) is 0 Å². The van der Waals surface area contributed by atoms with Crippen LogP contribution in [0.4, 0.5) is 16.0 Å². The second-order valence-corrected chi connectivity index (χ2v) is 5.10. The van der Waals surface area contributed by atoms with Crippen LogP contribution in [0.5, 0.6) is 0 Å². The molecular formula is C15H14FN7. The van der Waals surface area contributed by atoms with Gasteiger partial charge in [0.15, 0.2) is 0 Å². The number of imidazole rings is 1. The summed E-state index contributed by atoms with van der Waals surface area (Å²) in [6.07, 6.45) is 1.28. The van der Waals surface area contributed by atoms with E-state index in [4.69, 9.17) is 11.0 Å². The van der Waals surface area contributed by atoms with Crippen LogP contribution in [0.15, 0.2) is 24.5 Å². The van der Waals surface area contributed by atoms with E-state index in [2.05, 4.69) is 20.3 Å². The zero-order valence-electron chi connectivity index (χ0n) is 12.6. The molecule has 0 spiro atoms. The van der Waals surface area contributed by atoms with E-state index < -0.39 is 0 Å². The normalized spacial score (nSPS) is 12.1. The van der Waals surface area contributed by atoms with Crippen LogP contribution in [-0.2, 0) is 7.05 Å². The maximum Gasteiger partial charge on any atom is 0.150 e. The number of para-hydroxylation sites is 1. The fourth-order valence-electron chi connectivity index (χ4n) is 2.51. The molecule has 0 radical (unpaired) electrons. The van der Waals surface area contributed by atoms with E-state index in [1.165, 1.54) is 12.4 Å². The van der Waals surface area contributed by atoms with Gasteiger partial charge < -0.3 is 15.6 Å². The van der Waals surface area contributed by atoms with Crippen LogP contribution < -0.4 is 11.1 Å². The lowest BCUT2D eigenvalue weighted by Crippen LogP contribution is -2.15. The number of hydrogen-bond acceptors (Lipinski definition) is 6. The number of fused-ring (bicyclic) bond motifs is 1. The molecule has 3 rings (SSSR count). The van der Waals surface area contributed by atoms with Gasteiger partial charge in [0.2, 0.25) is 0 Å². The van der Waals surface area contributed by atoms with Gasteiger partial charge in [0.25, 0.3) is 0 Å². The minimum Gasteiger partial charge on any atom is -0.382 e. The minimum atomic E-state index is -0.333. The lowest BCUT2D eigenvalue weighted by Gasteiger charge is -2.15. The fraction of sp³-hybridized carbons (Fsp3) is 0.200. The van der Waals surface area contributed by atoms with Crippen molar-refractivity contribution in [2.45, 2.75) is 13.0 Å². The second-order valence-electron chi connectivity index (χ2n) is 5.10. The molecule has 0 saturated heterocycles. The van der Waals surface area contributed by atoms with Crippen LogP contribution in [0, 0.1) is 17.1 Å². The smallest absolute Gasteiger partial charge is 0.150 e. The van der Waals surface area contributed by atoms with Gasteiger partial charge in [-0.25, -0.2) is 19.3 Å². The van der Waals surface area contributed by atoms with Crippen molar-refractivity contribution in [2.24, 2.45) is 7.05 Å². The summed E-state index contributed by atoms with van der Waals surface area (Å²) in [6, 6.07) is 6.42. The molecule has 1 unspecified atom stereocenters. The van der Waals surface area contributed by atoms with Gasteiger partial charge in [0.05, 0.1) is 11.6 Å². The topological polar surface area (TPSA) is 105 Å². The zero-order valence-corrected chi connectivity index (χ0v) is 12.6. The van der Waals surface area contributed by atoms with Crippen molar-refractivity contribution < 1.29 is 4.39 Å². The number of nitrogen functional groups attached to an aromatic ring is 1. The average molecular weight is 311 g/mol. The van der Waals surface area contributed by atoms with Crippen LogP contribution >= 0.6 is 0 Å². The Balaban J connectivity index is 2.01. The molecule has 3 aromatic rings. The van der Waals surface area contributed by atoms with Crippen LogP contribution in [-0.4, -0.2) is 19.5 Å². The summed E-state index contributed by atoms with van der Waals surface area (Å²) in [4.78, 5) is 12.3. The van der Waals surface area contributed by atoms with Gasteiger partial charge in [-0.2, -0.15) is 5.26 Å². The average Bonchev–Trinajstić information content (AvgIpc) is 2.86. The highest BCUT2D eigenvalue weighted by Gasteiger charge is 2.19. The van der Waals surface area contributed by atoms with Gasteiger partial charge in [-0.1, -0.05) is 6.07 Å². The van der Waals surface area contributed by atoms with E-state index in [0.717, 1.165) is 0 Å². The Morgan fingerprint density at radius 2 is 2.17 bits per heavy atom. The third kappa shape index (κ3) is 2.42. The highest BCUT2D eigenvalue weighted by Crippen LogP contribution is 2.25. The summed E-state index contributed by atoms with van der Waals surface area (Å²) in [5.74, 6) is 0.708. The van der Waals surface area contributed by atoms with Crippen molar-refractivity contribution in [3.63, 3.8) is 0 Å². The fourth-order valence-corrected chi connectivity index (χ4v) is 2.51. The maximum absolute atomic E-state index is 14.0. The van der Waals surface area contributed by atoms with Crippen molar-refractivity contribution in [1.29, 1.82) is 5.26 Å². The largest absolute Gasteiger partial charge is 0.382 e. The molecule has 0 saturated carbocycles. The molecule has 0 aliphatic rings. The van der Waals surface area contributed by atoms with Crippen molar-refractivity contribution >= 4 is 22.7 Å². The van der Waals surface area contributed by atoms with E-state index in [0.29, 0.717) is 22.7 Å². The van der Waals surface area contributed by atoms with Crippen molar-refractivity contribution in [3.05, 3.63) is 41.7 Å². The number of aryl methyl sites for hydroxylation is 1. The Morgan fingerprint density at radius 3 is 2.87 bits per heavy atom. The van der Waals surface area contributed by atoms with Gasteiger partial charge in [-0.3, -0.25) is 0 Å². The number of aromatic nitrogens is 4. The number of nitriles is 1. The molecule has 3 N–H and O–H groups in total.